The molecule has 0 saturated carbocycles. The van der Waals surface area contributed by atoms with Crippen LogP contribution in [0.25, 0.3) is 0 Å². The van der Waals surface area contributed by atoms with Crippen molar-refractivity contribution in [2.75, 3.05) is 0 Å². The van der Waals surface area contributed by atoms with Crippen LogP contribution in [0, 0.1) is 0 Å². The molecular formula is C13H20BNO2. The van der Waals surface area contributed by atoms with Crippen molar-refractivity contribution in [2.24, 2.45) is 5.73 Å². The molecule has 0 aromatic heterocycles. The van der Waals surface area contributed by atoms with Gasteiger partial charge >= 0.3 is 7.12 Å². The predicted molar refractivity (Wildman–Crippen MR) is 70.0 cm³/mol. The Balaban J connectivity index is 2.20. The van der Waals surface area contributed by atoms with E-state index < -0.39 is 0 Å². The summed E-state index contributed by atoms with van der Waals surface area (Å²) in [6.45, 7) is 8.79. The molecule has 1 aliphatic rings. The lowest BCUT2D eigenvalue weighted by Crippen LogP contribution is -2.41. The van der Waals surface area contributed by atoms with E-state index in [2.05, 4.69) is 27.7 Å². The van der Waals surface area contributed by atoms with Gasteiger partial charge in [0.2, 0.25) is 0 Å². The van der Waals surface area contributed by atoms with E-state index in [1.165, 1.54) is 0 Å². The monoisotopic (exact) mass is 233 g/mol. The Morgan fingerprint density at radius 1 is 1.00 bits per heavy atom. The Hall–Kier alpha value is -0.835. The van der Waals surface area contributed by atoms with Crippen LogP contribution in [-0.2, 0) is 15.9 Å². The molecule has 17 heavy (non-hydrogen) atoms. The van der Waals surface area contributed by atoms with Gasteiger partial charge in [-0.3, -0.25) is 0 Å². The summed E-state index contributed by atoms with van der Waals surface area (Å²) in [4.78, 5) is 0. The molecule has 0 bridgehead atoms. The number of nitrogens with two attached hydrogens (primary N) is 1. The smallest absolute Gasteiger partial charge is 0.399 e. The van der Waals surface area contributed by atoms with E-state index in [0.717, 1.165) is 11.0 Å². The molecule has 0 radical (unpaired) electrons. The zero-order valence-corrected chi connectivity index (χ0v) is 11.0. The molecule has 1 fully saturated rings. The van der Waals surface area contributed by atoms with Gasteiger partial charge in [-0.05, 0) is 38.7 Å². The molecule has 2 N–H and O–H groups in total. The fourth-order valence-corrected chi connectivity index (χ4v) is 1.79. The van der Waals surface area contributed by atoms with Gasteiger partial charge in [-0.1, -0.05) is 24.3 Å². The topological polar surface area (TPSA) is 44.5 Å². The fourth-order valence-electron chi connectivity index (χ4n) is 1.79. The Morgan fingerprint density at radius 3 is 1.88 bits per heavy atom. The van der Waals surface area contributed by atoms with E-state index >= 15 is 0 Å². The molecule has 1 aromatic carbocycles. The SMILES string of the molecule is CC1(C)OB(c2ccc(CN)cc2)OC1(C)C. The highest BCUT2D eigenvalue weighted by Gasteiger charge is 2.51. The molecule has 0 amide bonds. The van der Waals surface area contributed by atoms with Gasteiger partial charge in [-0.25, -0.2) is 0 Å². The van der Waals surface area contributed by atoms with Gasteiger partial charge in [0.05, 0.1) is 11.2 Å². The number of hydrogen-bond acceptors (Lipinski definition) is 3. The standard InChI is InChI=1S/C13H20BNO2/c1-12(2)13(3,4)17-14(16-12)11-7-5-10(9-15)6-8-11/h5-8H,9,15H2,1-4H3. The van der Waals surface area contributed by atoms with Gasteiger partial charge in [0.15, 0.2) is 0 Å². The van der Waals surface area contributed by atoms with Crippen molar-refractivity contribution in [1.82, 2.24) is 0 Å². The van der Waals surface area contributed by atoms with Gasteiger partial charge < -0.3 is 15.0 Å². The maximum absolute atomic E-state index is 5.97. The molecule has 1 heterocycles. The maximum Gasteiger partial charge on any atom is 0.494 e. The Morgan fingerprint density at radius 2 is 1.47 bits per heavy atom. The van der Waals surface area contributed by atoms with Gasteiger partial charge in [0.1, 0.15) is 0 Å². The Kier molecular flexibility index (Phi) is 3.06. The van der Waals surface area contributed by atoms with Crippen molar-refractivity contribution in [1.29, 1.82) is 0 Å². The second-order valence-electron chi connectivity index (χ2n) is 5.53. The fraction of sp³-hybridized carbons (Fsp3) is 0.538. The zero-order chi connectivity index (χ0) is 12.7. The van der Waals surface area contributed by atoms with Crippen LogP contribution in [0.1, 0.15) is 33.3 Å². The first-order chi connectivity index (χ1) is 7.86. The Labute approximate surface area is 103 Å². The third kappa shape index (κ3) is 2.25. The molecule has 1 saturated heterocycles. The summed E-state index contributed by atoms with van der Waals surface area (Å²) < 4.78 is 11.9. The minimum Gasteiger partial charge on any atom is -0.399 e. The van der Waals surface area contributed by atoms with Crippen molar-refractivity contribution >= 4 is 12.6 Å². The lowest BCUT2D eigenvalue weighted by molar-refractivity contribution is 0.00578. The molecule has 0 unspecified atom stereocenters. The summed E-state index contributed by atoms with van der Waals surface area (Å²) in [6, 6.07) is 8.06. The molecule has 0 spiro atoms. The van der Waals surface area contributed by atoms with Crippen LogP contribution in [0.5, 0.6) is 0 Å². The predicted octanol–water partition coefficient (Wildman–Crippen LogP) is 1.44. The first kappa shape index (κ1) is 12.6. The molecule has 92 valence electrons. The number of hydrogen-bond donors (Lipinski definition) is 1. The summed E-state index contributed by atoms with van der Waals surface area (Å²) in [6.07, 6.45) is 0. The minimum absolute atomic E-state index is 0.285. The van der Waals surface area contributed by atoms with Crippen molar-refractivity contribution in [3.8, 4) is 0 Å². The highest BCUT2D eigenvalue weighted by molar-refractivity contribution is 6.62. The van der Waals surface area contributed by atoms with E-state index in [1.54, 1.807) is 0 Å². The van der Waals surface area contributed by atoms with Gasteiger partial charge in [-0.15, -0.1) is 0 Å². The highest BCUT2D eigenvalue weighted by Crippen LogP contribution is 2.36. The quantitative estimate of drug-likeness (QED) is 0.786. The summed E-state index contributed by atoms with van der Waals surface area (Å²) in [5.74, 6) is 0. The number of rotatable bonds is 2. The van der Waals surface area contributed by atoms with Crippen molar-refractivity contribution in [2.45, 2.75) is 45.4 Å². The molecule has 2 rings (SSSR count). The van der Waals surface area contributed by atoms with E-state index in [-0.39, 0.29) is 18.3 Å². The number of benzene rings is 1. The van der Waals surface area contributed by atoms with Crippen LogP contribution >= 0.6 is 0 Å². The molecule has 4 heteroatoms. The molecule has 1 aromatic rings. The van der Waals surface area contributed by atoms with Crippen molar-refractivity contribution in [3.05, 3.63) is 29.8 Å². The lowest BCUT2D eigenvalue weighted by atomic mass is 9.79. The largest absolute Gasteiger partial charge is 0.494 e. The van der Waals surface area contributed by atoms with Crippen LogP contribution in [0.2, 0.25) is 0 Å². The summed E-state index contributed by atoms with van der Waals surface area (Å²) >= 11 is 0. The van der Waals surface area contributed by atoms with E-state index in [4.69, 9.17) is 15.0 Å². The summed E-state index contributed by atoms with van der Waals surface area (Å²) in [7, 11) is -0.285. The van der Waals surface area contributed by atoms with Crippen LogP contribution in [0.15, 0.2) is 24.3 Å². The van der Waals surface area contributed by atoms with Crippen molar-refractivity contribution < 1.29 is 9.31 Å². The second-order valence-corrected chi connectivity index (χ2v) is 5.53. The lowest BCUT2D eigenvalue weighted by Gasteiger charge is -2.32. The van der Waals surface area contributed by atoms with Crippen LogP contribution in [0.3, 0.4) is 0 Å². The van der Waals surface area contributed by atoms with Gasteiger partial charge in [0.25, 0.3) is 0 Å². The normalized spacial score (nSPS) is 21.8. The van der Waals surface area contributed by atoms with E-state index in [9.17, 15) is 0 Å². The first-order valence-electron chi connectivity index (χ1n) is 6.00. The van der Waals surface area contributed by atoms with Gasteiger partial charge in [0, 0.05) is 6.54 Å². The molecule has 1 aliphatic heterocycles. The highest BCUT2D eigenvalue weighted by atomic mass is 16.7. The molecule has 0 atom stereocenters. The van der Waals surface area contributed by atoms with Crippen LogP contribution in [0.4, 0.5) is 0 Å². The van der Waals surface area contributed by atoms with Gasteiger partial charge in [-0.2, -0.15) is 0 Å². The van der Waals surface area contributed by atoms with Crippen LogP contribution in [-0.4, -0.2) is 18.3 Å². The maximum atomic E-state index is 5.97. The third-order valence-corrected chi connectivity index (χ3v) is 3.74. The molecule has 3 nitrogen and oxygen atoms in total. The second kappa shape index (κ2) is 4.12. The van der Waals surface area contributed by atoms with Crippen LogP contribution < -0.4 is 11.2 Å². The third-order valence-electron chi connectivity index (χ3n) is 3.74. The average molecular weight is 233 g/mol. The summed E-state index contributed by atoms with van der Waals surface area (Å²) in [5.41, 5.74) is 7.16. The zero-order valence-electron chi connectivity index (χ0n) is 11.0. The van der Waals surface area contributed by atoms with Crippen molar-refractivity contribution in [3.63, 3.8) is 0 Å². The molecule has 0 aliphatic carbocycles. The summed E-state index contributed by atoms with van der Waals surface area (Å²) in [5, 5.41) is 0. The van der Waals surface area contributed by atoms with E-state index in [0.29, 0.717) is 6.54 Å². The minimum atomic E-state index is -0.287. The average Bonchev–Trinajstić information content (AvgIpc) is 2.48. The first-order valence-corrected chi connectivity index (χ1v) is 6.00. The Bertz CT molecular complexity index is 384. The van der Waals surface area contributed by atoms with E-state index in [1.807, 2.05) is 24.3 Å². The molecular weight excluding hydrogens is 213 g/mol.